The van der Waals surface area contributed by atoms with Crippen LogP contribution in [0.5, 0.6) is 5.75 Å². The molecule has 1 rings (SSSR count). The number of hydrogen-bond donors (Lipinski definition) is 0. The quantitative estimate of drug-likeness (QED) is 0.433. The number of para-hydroxylation sites is 1. The van der Waals surface area contributed by atoms with Crippen molar-refractivity contribution in [3.63, 3.8) is 0 Å². The summed E-state index contributed by atoms with van der Waals surface area (Å²) in [6.45, 7) is 5.25. The number of rotatable bonds is 5. The van der Waals surface area contributed by atoms with Crippen LogP contribution in [0.25, 0.3) is 0 Å². The maximum absolute atomic E-state index is 11.0. The van der Waals surface area contributed by atoms with Crippen LogP contribution in [0.2, 0.25) is 0 Å². The highest BCUT2D eigenvalue weighted by molar-refractivity contribution is 5.86. The van der Waals surface area contributed by atoms with Crippen molar-refractivity contribution in [3.8, 4) is 5.75 Å². The van der Waals surface area contributed by atoms with E-state index in [4.69, 9.17) is 9.47 Å². The highest BCUT2D eigenvalue weighted by Gasteiger charge is 1.99. The van der Waals surface area contributed by atoms with Crippen molar-refractivity contribution in [2.24, 2.45) is 0 Å². The molecule has 1 aromatic carbocycles. The molecule has 0 radical (unpaired) electrons. The van der Waals surface area contributed by atoms with Crippen LogP contribution < -0.4 is 4.74 Å². The van der Waals surface area contributed by atoms with Crippen molar-refractivity contribution < 1.29 is 14.3 Å². The van der Waals surface area contributed by atoms with Crippen molar-refractivity contribution in [1.29, 1.82) is 0 Å². The molecule has 1 aromatic rings. The smallest absolute Gasteiger partial charge is 0.333 e. The van der Waals surface area contributed by atoms with Gasteiger partial charge in [-0.1, -0.05) is 24.8 Å². The van der Waals surface area contributed by atoms with E-state index in [9.17, 15) is 4.79 Å². The third-order valence-electron chi connectivity index (χ3n) is 1.70. The van der Waals surface area contributed by atoms with Crippen molar-refractivity contribution >= 4 is 5.97 Å². The van der Waals surface area contributed by atoms with Crippen molar-refractivity contribution in [2.45, 2.75) is 6.92 Å². The Morgan fingerprint density at radius 3 is 2.69 bits per heavy atom. The van der Waals surface area contributed by atoms with Crippen LogP contribution in [0.3, 0.4) is 0 Å². The van der Waals surface area contributed by atoms with Gasteiger partial charge in [0, 0.05) is 5.57 Å². The van der Waals surface area contributed by atoms with Gasteiger partial charge in [0.1, 0.15) is 12.4 Å². The second kappa shape index (κ2) is 6.45. The van der Waals surface area contributed by atoms with Crippen LogP contribution in [0.4, 0.5) is 0 Å². The molecular weight excluding hydrogens is 204 g/mol. The van der Waals surface area contributed by atoms with Crippen molar-refractivity contribution in [2.75, 3.05) is 6.61 Å². The van der Waals surface area contributed by atoms with Gasteiger partial charge >= 0.3 is 5.97 Å². The Kier molecular flexibility index (Phi) is 4.86. The third-order valence-corrected chi connectivity index (χ3v) is 1.70. The molecule has 0 spiro atoms. The number of carbonyl (C=O) groups is 1. The van der Waals surface area contributed by atoms with Gasteiger partial charge in [-0.2, -0.15) is 0 Å². The lowest BCUT2D eigenvalue weighted by Crippen LogP contribution is -2.04. The number of ether oxygens (including phenoxy) is 2. The Morgan fingerprint density at radius 1 is 1.38 bits per heavy atom. The molecule has 0 saturated heterocycles. The summed E-state index contributed by atoms with van der Waals surface area (Å²) < 4.78 is 10.1. The average Bonchev–Trinajstić information content (AvgIpc) is 2.29. The maximum atomic E-state index is 11.0. The first-order chi connectivity index (χ1) is 7.70. The zero-order valence-electron chi connectivity index (χ0n) is 9.18. The van der Waals surface area contributed by atoms with Gasteiger partial charge in [0.05, 0.1) is 6.26 Å². The normalized spacial score (nSPS) is 10.1. The monoisotopic (exact) mass is 218 g/mol. The van der Waals surface area contributed by atoms with Crippen LogP contribution in [-0.4, -0.2) is 12.6 Å². The van der Waals surface area contributed by atoms with Gasteiger partial charge in [0.2, 0.25) is 0 Å². The largest absolute Gasteiger partial charge is 0.465 e. The lowest BCUT2D eigenvalue weighted by Gasteiger charge is -2.00. The number of esters is 1. The minimum absolute atomic E-state index is 0.179. The minimum Gasteiger partial charge on any atom is -0.465 e. The summed E-state index contributed by atoms with van der Waals surface area (Å²) in [4.78, 5) is 11.0. The summed E-state index contributed by atoms with van der Waals surface area (Å²) in [5.74, 6) is 0.342. The maximum Gasteiger partial charge on any atom is 0.333 e. The molecule has 16 heavy (non-hydrogen) atoms. The number of carbonyl (C=O) groups excluding carboxylic acids is 1. The van der Waals surface area contributed by atoms with Gasteiger partial charge in [-0.3, -0.25) is 0 Å². The van der Waals surface area contributed by atoms with Gasteiger partial charge in [0.15, 0.2) is 0 Å². The molecule has 0 aromatic heterocycles. The standard InChI is InChI=1S/C13H14O3/c1-11(2)13(14)16-10-6-9-15-12-7-4-3-5-8-12/h3-9H,1,10H2,2H3. The number of hydrogen-bond acceptors (Lipinski definition) is 3. The van der Waals surface area contributed by atoms with Crippen LogP contribution in [0, 0.1) is 0 Å². The van der Waals surface area contributed by atoms with E-state index in [1.54, 1.807) is 13.0 Å². The highest BCUT2D eigenvalue weighted by Crippen LogP contribution is 2.08. The molecular formula is C13H14O3. The zero-order chi connectivity index (χ0) is 11.8. The fraction of sp³-hybridized carbons (Fsp3) is 0.154. The van der Waals surface area contributed by atoms with Crippen LogP contribution in [-0.2, 0) is 9.53 Å². The van der Waals surface area contributed by atoms with E-state index in [0.717, 1.165) is 5.75 Å². The van der Waals surface area contributed by atoms with Gasteiger partial charge in [-0.15, -0.1) is 0 Å². The SMILES string of the molecule is C=C(C)C(=O)OCC=COc1ccccc1. The molecule has 0 fully saturated rings. The Bertz CT molecular complexity index is 379. The summed E-state index contributed by atoms with van der Waals surface area (Å²) in [5.41, 5.74) is 0.386. The van der Waals surface area contributed by atoms with Crippen molar-refractivity contribution in [3.05, 3.63) is 54.8 Å². The van der Waals surface area contributed by atoms with Gasteiger partial charge in [0.25, 0.3) is 0 Å². The highest BCUT2D eigenvalue weighted by atomic mass is 16.5. The van der Waals surface area contributed by atoms with E-state index < -0.39 is 5.97 Å². The van der Waals surface area contributed by atoms with Crippen LogP contribution >= 0.6 is 0 Å². The van der Waals surface area contributed by atoms with E-state index >= 15 is 0 Å². The van der Waals surface area contributed by atoms with Gasteiger partial charge in [-0.05, 0) is 25.1 Å². The summed E-state index contributed by atoms with van der Waals surface area (Å²) in [5, 5.41) is 0. The molecule has 0 unspecified atom stereocenters. The first-order valence-electron chi connectivity index (χ1n) is 4.89. The van der Waals surface area contributed by atoms with E-state index in [1.165, 1.54) is 6.26 Å². The Morgan fingerprint density at radius 2 is 2.06 bits per heavy atom. The predicted octanol–water partition coefficient (Wildman–Crippen LogP) is 2.70. The van der Waals surface area contributed by atoms with Gasteiger partial charge < -0.3 is 9.47 Å². The van der Waals surface area contributed by atoms with Gasteiger partial charge in [-0.25, -0.2) is 4.79 Å². The average molecular weight is 218 g/mol. The molecule has 3 heteroatoms. The van der Waals surface area contributed by atoms with E-state index in [1.807, 2.05) is 30.3 Å². The number of benzene rings is 1. The zero-order valence-corrected chi connectivity index (χ0v) is 9.18. The Labute approximate surface area is 95.0 Å². The fourth-order valence-corrected chi connectivity index (χ4v) is 0.912. The van der Waals surface area contributed by atoms with Crippen molar-refractivity contribution in [1.82, 2.24) is 0 Å². The lowest BCUT2D eigenvalue weighted by atomic mass is 10.3. The summed E-state index contributed by atoms with van der Waals surface area (Å²) in [6.07, 6.45) is 3.11. The third kappa shape index (κ3) is 4.46. The Balaban J connectivity index is 2.24. The molecule has 3 nitrogen and oxygen atoms in total. The lowest BCUT2D eigenvalue weighted by molar-refractivity contribution is -0.137. The minimum atomic E-state index is -0.399. The molecule has 0 atom stereocenters. The Hall–Kier alpha value is -2.03. The molecule has 0 aliphatic carbocycles. The first-order valence-corrected chi connectivity index (χ1v) is 4.89. The topological polar surface area (TPSA) is 35.5 Å². The van der Waals surface area contributed by atoms with Crippen LogP contribution in [0.15, 0.2) is 54.8 Å². The molecule has 0 aliphatic rings. The van der Waals surface area contributed by atoms with Crippen LogP contribution in [0.1, 0.15) is 6.92 Å². The molecule has 0 heterocycles. The van der Waals surface area contributed by atoms with E-state index in [-0.39, 0.29) is 6.61 Å². The predicted molar refractivity (Wildman–Crippen MR) is 62.0 cm³/mol. The van der Waals surface area contributed by atoms with E-state index in [0.29, 0.717) is 5.57 Å². The fourth-order valence-electron chi connectivity index (χ4n) is 0.912. The molecule has 0 aliphatic heterocycles. The molecule has 0 saturated carbocycles. The second-order valence-corrected chi connectivity index (χ2v) is 3.18. The summed E-state index contributed by atoms with van der Waals surface area (Å²) >= 11 is 0. The first kappa shape index (κ1) is 12.0. The van der Waals surface area contributed by atoms with E-state index in [2.05, 4.69) is 6.58 Å². The molecule has 0 amide bonds. The second-order valence-electron chi connectivity index (χ2n) is 3.18. The summed E-state index contributed by atoms with van der Waals surface area (Å²) in [7, 11) is 0. The molecule has 0 N–H and O–H groups in total. The molecule has 84 valence electrons. The summed E-state index contributed by atoms with van der Waals surface area (Å²) in [6, 6.07) is 9.34. The molecule has 0 bridgehead atoms.